The van der Waals surface area contributed by atoms with E-state index in [9.17, 15) is 4.79 Å². The van der Waals surface area contributed by atoms with Gasteiger partial charge in [-0.2, -0.15) is 0 Å². The van der Waals surface area contributed by atoms with E-state index in [-0.39, 0.29) is 0 Å². The van der Waals surface area contributed by atoms with E-state index in [2.05, 4.69) is 26.0 Å². The van der Waals surface area contributed by atoms with Crippen molar-refractivity contribution in [2.75, 3.05) is 0 Å². The van der Waals surface area contributed by atoms with Crippen molar-refractivity contribution in [1.29, 1.82) is 0 Å². The molecule has 1 unspecified atom stereocenters. The molecular formula is C36H70O2. The van der Waals surface area contributed by atoms with Gasteiger partial charge < -0.3 is 5.11 Å². The molecule has 0 rings (SSSR count). The smallest absolute Gasteiger partial charge is 0.303 e. The van der Waals surface area contributed by atoms with Gasteiger partial charge in [-0.1, -0.05) is 180 Å². The van der Waals surface area contributed by atoms with E-state index in [0.717, 1.165) is 18.8 Å². The number of hydrogen-bond acceptors (Lipinski definition) is 1. The minimum atomic E-state index is -0.651. The monoisotopic (exact) mass is 535 g/mol. The highest BCUT2D eigenvalue weighted by Crippen LogP contribution is 2.21. The minimum absolute atomic E-state index is 0.339. The molecule has 0 aromatic heterocycles. The molecule has 2 heteroatoms. The Kier molecular flexibility index (Phi) is 31.7. The molecule has 0 spiro atoms. The number of hydrogen-bond donors (Lipinski definition) is 1. The molecule has 0 aliphatic heterocycles. The summed E-state index contributed by atoms with van der Waals surface area (Å²) in [6.45, 7) is 4.60. The summed E-state index contributed by atoms with van der Waals surface area (Å²) in [6, 6.07) is 0. The van der Waals surface area contributed by atoms with Gasteiger partial charge >= 0.3 is 5.97 Å². The summed E-state index contributed by atoms with van der Waals surface area (Å²) >= 11 is 0. The van der Waals surface area contributed by atoms with Crippen molar-refractivity contribution in [3.8, 4) is 0 Å². The van der Waals surface area contributed by atoms with Crippen LogP contribution in [0.1, 0.15) is 206 Å². The van der Waals surface area contributed by atoms with Crippen molar-refractivity contribution in [2.45, 2.75) is 206 Å². The molecule has 0 saturated carbocycles. The number of rotatable bonds is 32. The van der Waals surface area contributed by atoms with Crippen LogP contribution in [-0.4, -0.2) is 11.1 Å². The van der Waals surface area contributed by atoms with Crippen molar-refractivity contribution >= 4 is 5.97 Å². The molecule has 0 amide bonds. The highest BCUT2D eigenvalue weighted by Gasteiger charge is 2.05. The van der Waals surface area contributed by atoms with Gasteiger partial charge in [-0.05, 0) is 38.0 Å². The molecule has 0 aromatic carbocycles. The summed E-state index contributed by atoms with van der Waals surface area (Å²) in [4.78, 5) is 10.6. The van der Waals surface area contributed by atoms with Crippen LogP contribution in [0.4, 0.5) is 0 Å². The standard InChI is InChI=1S/C36H70O2/c1-3-5-7-8-9-10-11-12-13-14-15-16-17-18-19-21-24-28-32-35(31-27-6-4-2)33-29-25-22-20-23-26-30-34-36(37)38/h28,32,35H,3-27,29-31,33-34H2,1-2H3,(H,37,38). The first-order valence-electron chi connectivity index (χ1n) is 17.6. The molecule has 1 N–H and O–H groups in total. The zero-order valence-corrected chi connectivity index (χ0v) is 26.3. The van der Waals surface area contributed by atoms with E-state index in [4.69, 9.17) is 5.11 Å². The van der Waals surface area contributed by atoms with Crippen molar-refractivity contribution in [2.24, 2.45) is 5.92 Å². The lowest BCUT2D eigenvalue weighted by atomic mass is 9.93. The molecular weight excluding hydrogens is 464 g/mol. The Morgan fingerprint density at radius 1 is 0.500 bits per heavy atom. The van der Waals surface area contributed by atoms with Gasteiger partial charge in [0.25, 0.3) is 0 Å². The zero-order chi connectivity index (χ0) is 27.8. The highest BCUT2D eigenvalue weighted by molar-refractivity contribution is 5.66. The fourth-order valence-corrected chi connectivity index (χ4v) is 5.66. The number of carboxylic acids is 1. The highest BCUT2D eigenvalue weighted by atomic mass is 16.4. The number of allylic oxidation sites excluding steroid dienone is 2. The van der Waals surface area contributed by atoms with Gasteiger partial charge in [-0.25, -0.2) is 0 Å². The van der Waals surface area contributed by atoms with Crippen molar-refractivity contribution in [3.05, 3.63) is 12.2 Å². The number of carbonyl (C=O) groups is 1. The normalized spacial score (nSPS) is 12.5. The van der Waals surface area contributed by atoms with Crippen LogP contribution < -0.4 is 0 Å². The van der Waals surface area contributed by atoms with Crippen LogP contribution in [0.2, 0.25) is 0 Å². The third-order valence-corrected chi connectivity index (χ3v) is 8.28. The van der Waals surface area contributed by atoms with Crippen LogP contribution in [-0.2, 0) is 4.79 Å². The number of aliphatic carboxylic acids is 1. The first kappa shape index (κ1) is 37.2. The van der Waals surface area contributed by atoms with E-state index in [0.29, 0.717) is 6.42 Å². The van der Waals surface area contributed by atoms with Gasteiger partial charge in [0.15, 0.2) is 0 Å². The second kappa shape index (κ2) is 32.4. The molecule has 38 heavy (non-hydrogen) atoms. The summed E-state index contributed by atoms with van der Waals surface area (Å²) < 4.78 is 0. The molecule has 0 heterocycles. The van der Waals surface area contributed by atoms with Gasteiger partial charge in [-0.3, -0.25) is 4.79 Å². The number of carboxylic acid groups (broad SMARTS) is 1. The lowest BCUT2D eigenvalue weighted by Crippen LogP contribution is -1.97. The third-order valence-electron chi connectivity index (χ3n) is 8.28. The van der Waals surface area contributed by atoms with Crippen LogP contribution in [0.3, 0.4) is 0 Å². The SMILES string of the molecule is CCCCCCCCCCCCCCCCCCC=CC(CCCCC)CCCCCCCCCC(=O)O. The molecule has 2 nitrogen and oxygen atoms in total. The van der Waals surface area contributed by atoms with Crippen molar-refractivity contribution in [1.82, 2.24) is 0 Å². The van der Waals surface area contributed by atoms with Gasteiger partial charge in [0.1, 0.15) is 0 Å². The topological polar surface area (TPSA) is 37.3 Å². The molecule has 0 aliphatic rings. The quantitative estimate of drug-likeness (QED) is 0.0688. The Morgan fingerprint density at radius 3 is 1.29 bits per heavy atom. The predicted octanol–water partition coefficient (Wildman–Crippen LogP) is 13.0. The largest absolute Gasteiger partial charge is 0.481 e. The van der Waals surface area contributed by atoms with E-state index in [1.165, 1.54) is 173 Å². The van der Waals surface area contributed by atoms with Crippen LogP contribution in [0.5, 0.6) is 0 Å². The van der Waals surface area contributed by atoms with Gasteiger partial charge in [0, 0.05) is 6.42 Å². The molecule has 0 aromatic rings. The molecule has 226 valence electrons. The first-order valence-corrected chi connectivity index (χ1v) is 17.6. The first-order chi connectivity index (χ1) is 18.7. The van der Waals surface area contributed by atoms with E-state index < -0.39 is 5.97 Å². The van der Waals surface area contributed by atoms with E-state index in [1.807, 2.05) is 0 Å². The second-order valence-corrected chi connectivity index (χ2v) is 12.2. The van der Waals surface area contributed by atoms with Crippen LogP contribution in [0.25, 0.3) is 0 Å². The third kappa shape index (κ3) is 31.4. The summed E-state index contributed by atoms with van der Waals surface area (Å²) in [5.41, 5.74) is 0. The number of unbranched alkanes of at least 4 members (excludes halogenated alkanes) is 24. The minimum Gasteiger partial charge on any atom is -0.481 e. The zero-order valence-electron chi connectivity index (χ0n) is 26.3. The molecule has 0 radical (unpaired) electrons. The molecule has 0 fully saturated rings. The van der Waals surface area contributed by atoms with Crippen LogP contribution >= 0.6 is 0 Å². The van der Waals surface area contributed by atoms with Crippen molar-refractivity contribution in [3.63, 3.8) is 0 Å². The van der Waals surface area contributed by atoms with Gasteiger partial charge in [-0.15, -0.1) is 0 Å². The fourth-order valence-electron chi connectivity index (χ4n) is 5.66. The molecule has 0 aliphatic carbocycles. The lowest BCUT2D eigenvalue weighted by Gasteiger charge is -2.12. The van der Waals surface area contributed by atoms with Gasteiger partial charge in [0.2, 0.25) is 0 Å². The van der Waals surface area contributed by atoms with E-state index >= 15 is 0 Å². The summed E-state index contributed by atoms with van der Waals surface area (Å²) in [6.07, 6.45) is 45.0. The average Bonchev–Trinajstić information content (AvgIpc) is 2.91. The Labute approximate surface area is 240 Å². The maximum atomic E-state index is 10.6. The molecule has 0 saturated heterocycles. The summed E-state index contributed by atoms with van der Waals surface area (Å²) in [5.74, 6) is 0.139. The Bertz CT molecular complexity index is 484. The lowest BCUT2D eigenvalue weighted by molar-refractivity contribution is -0.137. The second-order valence-electron chi connectivity index (χ2n) is 12.2. The van der Waals surface area contributed by atoms with Crippen molar-refractivity contribution < 1.29 is 9.90 Å². The predicted molar refractivity (Wildman–Crippen MR) is 170 cm³/mol. The maximum absolute atomic E-state index is 10.6. The Hall–Kier alpha value is -0.790. The van der Waals surface area contributed by atoms with E-state index in [1.54, 1.807) is 0 Å². The molecule has 0 bridgehead atoms. The maximum Gasteiger partial charge on any atom is 0.303 e. The summed E-state index contributed by atoms with van der Waals surface area (Å²) in [7, 11) is 0. The van der Waals surface area contributed by atoms with Crippen LogP contribution in [0, 0.1) is 5.92 Å². The Morgan fingerprint density at radius 2 is 0.842 bits per heavy atom. The fraction of sp³-hybridized carbons (Fsp3) is 0.917. The Balaban J connectivity index is 3.61. The average molecular weight is 535 g/mol. The van der Waals surface area contributed by atoms with Crippen LogP contribution in [0.15, 0.2) is 12.2 Å². The van der Waals surface area contributed by atoms with Gasteiger partial charge in [0.05, 0.1) is 0 Å². The summed E-state index contributed by atoms with van der Waals surface area (Å²) in [5, 5.41) is 8.71. The molecule has 1 atom stereocenters.